The summed E-state index contributed by atoms with van der Waals surface area (Å²) in [4.78, 5) is 14.5. The molecule has 2 aromatic rings. The van der Waals surface area contributed by atoms with Crippen molar-refractivity contribution in [2.75, 3.05) is 0 Å². The van der Waals surface area contributed by atoms with Gasteiger partial charge in [0, 0.05) is 23.9 Å². The Bertz CT molecular complexity index is 538. The van der Waals surface area contributed by atoms with Crippen molar-refractivity contribution in [3.8, 4) is 11.3 Å². The van der Waals surface area contributed by atoms with Crippen molar-refractivity contribution in [2.24, 2.45) is 0 Å². The van der Waals surface area contributed by atoms with Gasteiger partial charge in [-0.2, -0.15) is 0 Å². The van der Waals surface area contributed by atoms with Gasteiger partial charge in [-0.1, -0.05) is 18.2 Å². The normalized spacial score (nSPS) is 10.1. The van der Waals surface area contributed by atoms with Crippen LogP contribution in [0.25, 0.3) is 11.3 Å². The van der Waals surface area contributed by atoms with Crippen LogP contribution in [-0.4, -0.2) is 9.91 Å². The van der Waals surface area contributed by atoms with Gasteiger partial charge in [0.15, 0.2) is 0 Å². The summed E-state index contributed by atoms with van der Waals surface area (Å²) in [6.07, 6.45) is 1.68. The topological polar surface area (TPSA) is 56.0 Å². The lowest BCUT2D eigenvalue weighted by Crippen LogP contribution is -1.90. The maximum absolute atomic E-state index is 10.7. The molecule has 1 heterocycles. The van der Waals surface area contributed by atoms with Crippen LogP contribution in [0.5, 0.6) is 0 Å². The third-order valence-corrected chi connectivity index (χ3v) is 2.34. The van der Waals surface area contributed by atoms with Crippen LogP contribution >= 0.6 is 0 Å². The zero-order chi connectivity index (χ0) is 11.5. The standard InChI is InChI=1S/C12H10N2O2/c1-9-4-3-7-13-12(9)10-5-2-6-11(8-10)14(15)16/h2-8H,1H3. The van der Waals surface area contributed by atoms with Crippen LogP contribution in [0.4, 0.5) is 5.69 Å². The van der Waals surface area contributed by atoms with E-state index in [1.165, 1.54) is 12.1 Å². The molecule has 4 nitrogen and oxygen atoms in total. The molecule has 0 fully saturated rings. The summed E-state index contributed by atoms with van der Waals surface area (Å²) in [6, 6.07) is 10.3. The van der Waals surface area contributed by atoms with Crippen LogP contribution in [0.15, 0.2) is 42.6 Å². The van der Waals surface area contributed by atoms with Crippen LogP contribution in [-0.2, 0) is 0 Å². The summed E-state index contributed by atoms with van der Waals surface area (Å²) in [5, 5.41) is 10.7. The van der Waals surface area contributed by atoms with Crippen molar-refractivity contribution < 1.29 is 4.92 Å². The molecule has 1 aromatic heterocycles. The van der Waals surface area contributed by atoms with Crippen molar-refractivity contribution in [1.29, 1.82) is 0 Å². The van der Waals surface area contributed by atoms with Crippen LogP contribution in [0.3, 0.4) is 0 Å². The number of aryl methyl sites for hydroxylation is 1. The van der Waals surface area contributed by atoms with E-state index < -0.39 is 4.92 Å². The second-order valence-corrected chi connectivity index (χ2v) is 3.48. The lowest BCUT2D eigenvalue weighted by atomic mass is 10.1. The van der Waals surface area contributed by atoms with Gasteiger partial charge in [-0.15, -0.1) is 0 Å². The molecule has 2 rings (SSSR count). The predicted octanol–water partition coefficient (Wildman–Crippen LogP) is 2.97. The second-order valence-electron chi connectivity index (χ2n) is 3.48. The lowest BCUT2D eigenvalue weighted by Gasteiger charge is -2.03. The first-order valence-corrected chi connectivity index (χ1v) is 4.85. The first-order valence-electron chi connectivity index (χ1n) is 4.85. The van der Waals surface area contributed by atoms with Crippen molar-refractivity contribution in [2.45, 2.75) is 6.92 Å². The Hall–Kier alpha value is -2.23. The summed E-state index contributed by atoms with van der Waals surface area (Å²) in [5.74, 6) is 0. The van der Waals surface area contributed by atoms with Crippen molar-refractivity contribution in [1.82, 2.24) is 4.98 Å². The third kappa shape index (κ3) is 1.91. The fraction of sp³-hybridized carbons (Fsp3) is 0.0833. The number of pyridine rings is 1. The molecule has 0 unspecified atom stereocenters. The SMILES string of the molecule is Cc1cccnc1-c1cccc([N+](=O)[O-])c1. The fourth-order valence-electron chi connectivity index (χ4n) is 1.55. The molecule has 0 aliphatic rings. The zero-order valence-corrected chi connectivity index (χ0v) is 8.75. The monoisotopic (exact) mass is 214 g/mol. The second kappa shape index (κ2) is 4.10. The zero-order valence-electron chi connectivity index (χ0n) is 8.75. The molecular formula is C12H10N2O2. The molecule has 0 spiro atoms. The highest BCUT2D eigenvalue weighted by atomic mass is 16.6. The molecule has 0 bridgehead atoms. The van der Waals surface area contributed by atoms with Gasteiger partial charge in [0.1, 0.15) is 0 Å². The molecule has 16 heavy (non-hydrogen) atoms. The minimum absolute atomic E-state index is 0.0857. The number of hydrogen-bond acceptors (Lipinski definition) is 3. The van der Waals surface area contributed by atoms with Gasteiger partial charge in [0.25, 0.3) is 5.69 Å². The van der Waals surface area contributed by atoms with Crippen LogP contribution < -0.4 is 0 Å². The first-order chi connectivity index (χ1) is 7.68. The molecule has 0 aliphatic heterocycles. The van der Waals surface area contributed by atoms with Crippen LogP contribution in [0.2, 0.25) is 0 Å². The number of rotatable bonds is 2. The van der Waals surface area contributed by atoms with Crippen molar-refractivity contribution in [3.05, 3.63) is 58.3 Å². The first kappa shape index (κ1) is 10.3. The average Bonchev–Trinajstić information content (AvgIpc) is 2.30. The predicted molar refractivity (Wildman–Crippen MR) is 61.1 cm³/mol. The molecule has 0 amide bonds. The third-order valence-electron chi connectivity index (χ3n) is 2.34. The van der Waals surface area contributed by atoms with E-state index in [1.54, 1.807) is 12.3 Å². The number of nitrogens with zero attached hydrogens (tertiary/aromatic N) is 2. The molecule has 0 radical (unpaired) electrons. The number of nitro groups is 1. The molecular weight excluding hydrogens is 204 g/mol. The van der Waals surface area contributed by atoms with Gasteiger partial charge in [-0.3, -0.25) is 15.1 Å². The molecule has 0 N–H and O–H groups in total. The van der Waals surface area contributed by atoms with E-state index in [9.17, 15) is 10.1 Å². The number of nitro benzene ring substituents is 1. The van der Waals surface area contributed by atoms with E-state index in [4.69, 9.17) is 0 Å². The van der Waals surface area contributed by atoms with Gasteiger partial charge in [0.2, 0.25) is 0 Å². The van der Waals surface area contributed by atoms with E-state index in [0.717, 1.165) is 16.8 Å². The molecule has 0 saturated heterocycles. The van der Waals surface area contributed by atoms with E-state index in [2.05, 4.69) is 4.98 Å². The van der Waals surface area contributed by atoms with Crippen LogP contribution in [0, 0.1) is 17.0 Å². The number of hydrogen-bond donors (Lipinski definition) is 0. The van der Waals surface area contributed by atoms with Crippen molar-refractivity contribution >= 4 is 5.69 Å². The average molecular weight is 214 g/mol. The summed E-state index contributed by atoms with van der Waals surface area (Å²) in [7, 11) is 0. The van der Waals surface area contributed by atoms with Gasteiger partial charge in [-0.05, 0) is 18.6 Å². The summed E-state index contributed by atoms with van der Waals surface area (Å²) in [6.45, 7) is 1.93. The van der Waals surface area contributed by atoms with E-state index >= 15 is 0 Å². The van der Waals surface area contributed by atoms with Crippen molar-refractivity contribution in [3.63, 3.8) is 0 Å². The Kier molecular flexibility index (Phi) is 2.64. The molecule has 1 aromatic carbocycles. The Morgan fingerprint density at radius 1 is 1.25 bits per heavy atom. The Morgan fingerprint density at radius 3 is 2.75 bits per heavy atom. The van der Waals surface area contributed by atoms with Gasteiger partial charge >= 0.3 is 0 Å². The fourth-order valence-corrected chi connectivity index (χ4v) is 1.55. The highest BCUT2D eigenvalue weighted by Crippen LogP contribution is 2.24. The lowest BCUT2D eigenvalue weighted by molar-refractivity contribution is -0.384. The minimum atomic E-state index is -0.401. The summed E-state index contributed by atoms with van der Waals surface area (Å²) in [5.41, 5.74) is 2.64. The Morgan fingerprint density at radius 2 is 2.06 bits per heavy atom. The summed E-state index contributed by atoms with van der Waals surface area (Å²) >= 11 is 0. The van der Waals surface area contributed by atoms with Gasteiger partial charge < -0.3 is 0 Å². The highest BCUT2D eigenvalue weighted by molar-refractivity contribution is 5.65. The van der Waals surface area contributed by atoms with Gasteiger partial charge in [0.05, 0.1) is 10.6 Å². The maximum atomic E-state index is 10.7. The molecule has 0 atom stereocenters. The highest BCUT2D eigenvalue weighted by Gasteiger charge is 2.08. The number of aromatic nitrogens is 1. The number of benzene rings is 1. The van der Waals surface area contributed by atoms with E-state index in [1.807, 2.05) is 25.1 Å². The Balaban J connectivity index is 2.53. The molecule has 4 heteroatoms. The summed E-state index contributed by atoms with van der Waals surface area (Å²) < 4.78 is 0. The Labute approximate surface area is 92.7 Å². The smallest absolute Gasteiger partial charge is 0.258 e. The molecule has 80 valence electrons. The minimum Gasteiger partial charge on any atom is -0.258 e. The van der Waals surface area contributed by atoms with E-state index in [0.29, 0.717) is 0 Å². The molecule has 0 aliphatic carbocycles. The molecule has 0 saturated carbocycles. The largest absolute Gasteiger partial charge is 0.270 e. The van der Waals surface area contributed by atoms with E-state index in [-0.39, 0.29) is 5.69 Å². The maximum Gasteiger partial charge on any atom is 0.270 e. The quantitative estimate of drug-likeness (QED) is 0.570. The number of non-ortho nitro benzene ring substituents is 1. The van der Waals surface area contributed by atoms with Gasteiger partial charge in [-0.25, -0.2) is 0 Å². The van der Waals surface area contributed by atoms with Crippen LogP contribution in [0.1, 0.15) is 5.56 Å².